The number of hydrogen-bond acceptors (Lipinski definition) is 4. The Morgan fingerprint density at radius 3 is 2.96 bits per heavy atom. The van der Waals surface area contributed by atoms with Crippen molar-refractivity contribution in [3.8, 4) is 23.1 Å². The molecule has 126 valence electrons. The van der Waals surface area contributed by atoms with Crippen LogP contribution >= 0.6 is 11.6 Å². The Bertz CT molecular complexity index is 975. The first-order chi connectivity index (χ1) is 12.1. The Balaban J connectivity index is 2.08. The number of benzene rings is 2. The van der Waals surface area contributed by atoms with Crippen molar-refractivity contribution < 1.29 is 9.53 Å². The van der Waals surface area contributed by atoms with E-state index in [-0.39, 0.29) is 5.91 Å². The lowest BCUT2D eigenvalue weighted by Crippen LogP contribution is -2.05. The SMILES string of the molecule is CC(=O)Nc1cccc(-c2n[nH]c3cc(C#N)c(OCCCl)cc23)c1. The van der Waals surface area contributed by atoms with Crippen LogP contribution in [0.4, 0.5) is 5.69 Å². The topological polar surface area (TPSA) is 90.8 Å². The van der Waals surface area contributed by atoms with Crippen LogP contribution in [0.25, 0.3) is 22.2 Å². The number of ether oxygens (including phenoxy) is 1. The molecule has 3 rings (SSSR count). The minimum Gasteiger partial charge on any atom is -0.491 e. The first-order valence-corrected chi connectivity index (χ1v) is 8.15. The van der Waals surface area contributed by atoms with Crippen LogP contribution in [0, 0.1) is 11.3 Å². The molecular weight excluding hydrogens is 340 g/mol. The van der Waals surface area contributed by atoms with E-state index < -0.39 is 0 Å². The Hall–Kier alpha value is -3.04. The van der Waals surface area contributed by atoms with Crippen LogP contribution in [0.3, 0.4) is 0 Å². The molecule has 6 nitrogen and oxygen atoms in total. The van der Waals surface area contributed by atoms with Crippen LogP contribution < -0.4 is 10.1 Å². The van der Waals surface area contributed by atoms with Crippen LogP contribution in [0.5, 0.6) is 5.75 Å². The zero-order chi connectivity index (χ0) is 17.8. The van der Waals surface area contributed by atoms with Gasteiger partial charge in [0.25, 0.3) is 0 Å². The lowest BCUT2D eigenvalue weighted by molar-refractivity contribution is -0.114. The van der Waals surface area contributed by atoms with Gasteiger partial charge in [0.15, 0.2) is 0 Å². The van der Waals surface area contributed by atoms with Crippen molar-refractivity contribution in [2.24, 2.45) is 0 Å². The van der Waals surface area contributed by atoms with Gasteiger partial charge in [0, 0.05) is 23.6 Å². The van der Waals surface area contributed by atoms with Gasteiger partial charge in [-0.1, -0.05) is 12.1 Å². The zero-order valence-electron chi connectivity index (χ0n) is 13.5. The van der Waals surface area contributed by atoms with Crippen LogP contribution in [0.1, 0.15) is 12.5 Å². The fraction of sp³-hybridized carbons (Fsp3) is 0.167. The molecule has 0 atom stereocenters. The molecule has 0 unspecified atom stereocenters. The molecule has 0 fully saturated rings. The summed E-state index contributed by atoms with van der Waals surface area (Å²) in [5.74, 6) is 0.663. The highest BCUT2D eigenvalue weighted by molar-refractivity contribution is 6.18. The number of carbonyl (C=O) groups is 1. The Kier molecular flexibility index (Phi) is 4.87. The van der Waals surface area contributed by atoms with Gasteiger partial charge in [0.05, 0.1) is 17.0 Å². The second kappa shape index (κ2) is 7.24. The van der Waals surface area contributed by atoms with E-state index in [0.29, 0.717) is 35.2 Å². The third-order valence-corrected chi connectivity index (χ3v) is 3.73. The molecule has 0 spiro atoms. The molecule has 1 amide bonds. The molecule has 0 saturated heterocycles. The van der Waals surface area contributed by atoms with Gasteiger partial charge in [0.1, 0.15) is 24.1 Å². The minimum atomic E-state index is -0.139. The van der Waals surface area contributed by atoms with Gasteiger partial charge in [-0.15, -0.1) is 11.6 Å². The normalized spacial score (nSPS) is 10.4. The van der Waals surface area contributed by atoms with E-state index in [9.17, 15) is 10.1 Å². The Labute approximate surface area is 149 Å². The number of amides is 1. The number of hydrogen-bond donors (Lipinski definition) is 2. The predicted molar refractivity (Wildman–Crippen MR) is 96.8 cm³/mol. The summed E-state index contributed by atoms with van der Waals surface area (Å²) in [6.07, 6.45) is 0. The number of nitrogens with zero attached hydrogens (tertiary/aromatic N) is 2. The largest absolute Gasteiger partial charge is 0.491 e. The van der Waals surface area contributed by atoms with E-state index in [0.717, 1.165) is 16.5 Å². The molecule has 0 radical (unpaired) electrons. The molecule has 25 heavy (non-hydrogen) atoms. The second-order valence-electron chi connectivity index (χ2n) is 5.38. The molecule has 0 aliphatic carbocycles. The number of alkyl halides is 1. The maximum absolute atomic E-state index is 11.2. The van der Waals surface area contributed by atoms with Crippen LogP contribution in [0.15, 0.2) is 36.4 Å². The lowest BCUT2D eigenvalue weighted by Gasteiger charge is -2.07. The number of anilines is 1. The number of nitrogens with one attached hydrogen (secondary N) is 2. The molecule has 7 heteroatoms. The van der Waals surface area contributed by atoms with Crippen LogP contribution in [-0.2, 0) is 4.79 Å². The molecule has 2 aromatic carbocycles. The maximum atomic E-state index is 11.2. The molecular formula is C18H15ClN4O2. The molecule has 3 aromatic rings. The lowest BCUT2D eigenvalue weighted by atomic mass is 10.0. The number of nitriles is 1. The summed E-state index contributed by atoms with van der Waals surface area (Å²) in [5, 5.41) is 20.1. The molecule has 1 aromatic heterocycles. The summed E-state index contributed by atoms with van der Waals surface area (Å²) in [4.78, 5) is 11.2. The van der Waals surface area contributed by atoms with Gasteiger partial charge in [-0.25, -0.2) is 0 Å². The summed E-state index contributed by atoms with van der Waals surface area (Å²) in [7, 11) is 0. The molecule has 0 aliphatic rings. The average molecular weight is 355 g/mol. The summed E-state index contributed by atoms with van der Waals surface area (Å²) >= 11 is 5.67. The van der Waals surface area contributed by atoms with Crippen molar-refractivity contribution in [1.29, 1.82) is 5.26 Å². The first kappa shape index (κ1) is 16.8. The van der Waals surface area contributed by atoms with E-state index >= 15 is 0 Å². The number of aromatic amines is 1. The van der Waals surface area contributed by atoms with E-state index in [2.05, 4.69) is 21.6 Å². The number of H-pyrrole nitrogens is 1. The van der Waals surface area contributed by atoms with Crippen molar-refractivity contribution >= 4 is 34.1 Å². The van der Waals surface area contributed by atoms with Gasteiger partial charge in [-0.05, 0) is 24.3 Å². The number of fused-ring (bicyclic) bond motifs is 1. The molecule has 2 N–H and O–H groups in total. The summed E-state index contributed by atoms with van der Waals surface area (Å²) in [6.45, 7) is 1.77. The van der Waals surface area contributed by atoms with Crippen molar-refractivity contribution in [3.63, 3.8) is 0 Å². The van der Waals surface area contributed by atoms with Crippen molar-refractivity contribution in [2.45, 2.75) is 6.92 Å². The third-order valence-electron chi connectivity index (χ3n) is 3.57. The monoisotopic (exact) mass is 354 g/mol. The number of halogens is 1. The molecule has 0 saturated carbocycles. The van der Waals surface area contributed by atoms with E-state index in [1.807, 2.05) is 24.3 Å². The number of aromatic nitrogens is 2. The van der Waals surface area contributed by atoms with Gasteiger partial charge in [-0.2, -0.15) is 10.4 Å². The minimum absolute atomic E-state index is 0.139. The zero-order valence-corrected chi connectivity index (χ0v) is 14.2. The standard InChI is InChI=1S/C18H15ClN4O2/c1-11(24)21-14-4-2-3-12(7-14)18-15-9-17(25-6-5-19)13(10-20)8-16(15)22-23-18/h2-4,7-9H,5-6H2,1H3,(H,21,24)(H,22,23). The maximum Gasteiger partial charge on any atom is 0.221 e. The van der Waals surface area contributed by atoms with Gasteiger partial charge in [0.2, 0.25) is 5.91 Å². The van der Waals surface area contributed by atoms with Gasteiger partial charge < -0.3 is 10.1 Å². The second-order valence-corrected chi connectivity index (χ2v) is 5.76. The fourth-order valence-corrected chi connectivity index (χ4v) is 2.64. The number of carbonyl (C=O) groups excluding carboxylic acids is 1. The van der Waals surface area contributed by atoms with E-state index in [1.165, 1.54) is 6.92 Å². The highest BCUT2D eigenvalue weighted by Crippen LogP contribution is 2.32. The van der Waals surface area contributed by atoms with E-state index in [4.69, 9.17) is 16.3 Å². The Morgan fingerprint density at radius 2 is 2.24 bits per heavy atom. The highest BCUT2D eigenvalue weighted by Gasteiger charge is 2.13. The van der Waals surface area contributed by atoms with Gasteiger partial charge in [-0.3, -0.25) is 9.89 Å². The predicted octanol–water partition coefficient (Wildman–Crippen LogP) is 3.68. The number of rotatable bonds is 5. The highest BCUT2D eigenvalue weighted by atomic mass is 35.5. The third kappa shape index (κ3) is 3.57. The molecule has 0 aliphatic heterocycles. The average Bonchev–Trinajstić information content (AvgIpc) is 3.01. The van der Waals surface area contributed by atoms with Crippen molar-refractivity contribution in [3.05, 3.63) is 42.0 Å². The Morgan fingerprint density at radius 1 is 1.40 bits per heavy atom. The smallest absolute Gasteiger partial charge is 0.221 e. The fourth-order valence-electron chi connectivity index (χ4n) is 2.57. The van der Waals surface area contributed by atoms with Gasteiger partial charge >= 0.3 is 0 Å². The molecule has 0 bridgehead atoms. The van der Waals surface area contributed by atoms with Crippen LogP contribution in [-0.4, -0.2) is 28.6 Å². The summed E-state index contributed by atoms with van der Waals surface area (Å²) in [5.41, 5.74) is 3.39. The summed E-state index contributed by atoms with van der Waals surface area (Å²) in [6, 6.07) is 13.0. The van der Waals surface area contributed by atoms with Crippen molar-refractivity contribution in [2.75, 3.05) is 17.8 Å². The van der Waals surface area contributed by atoms with Crippen molar-refractivity contribution in [1.82, 2.24) is 10.2 Å². The summed E-state index contributed by atoms with van der Waals surface area (Å²) < 4.78 is 5.57. The quantitative estimate of drug-likeness (QED) is 0.684. The molecule has 1 heterocycles. The van der Waals surface area contributed by atoms with Crippen LogP contribution in [0.2, 0.25) is 0 Å². The van der Waals surface area contributed by atoms with E-state index in [1.54, 1.807) is 12.1 Å². The first-order valence-electron chi connectivity index (χ1n) is 7.61.